The number of carbonyl (C=O) groups is 1. The van der Waals surface area contributed by atoms with Gasteiger partial charge in [0.2, 0.25) is 5.91 Å². The zero-order valence-corrected chi connectivity index (χ0v) is 13.1. The van der Waals surface area contributed by atoms with Gasteiger partial charge in [0.25, 0.3) is 0 Å². The summed E-state index contributed by atoms with van der Waals surface area (Å²) in [7, 11) is 0. The Bertz CT molecular complexity index is 422. The molecule has 0 spiro atoms. The molecule has 4 heteroatoms. The summed E-state index contributed by atoms with van der Waals surface area (Å²) >= 11 is 0. The first kappa shape index (κ1) is 17.0. The second kappa shape index (κ2) is 7.65. The minimum Gasteiger partial charge on any atom is -0.342 e. The maximum Gasteiger partial charge on any atom is 0.230 e. The molecular formula is C16H25ClN2O. The number of hydrogen-bond donors (Lipinski definition) is 1. The second-order valence-corrected chi connectivity index (χ2v) is 5.81. The van der Waals surface area contributed by atoms with Crippen molar-refractivity contribution in [2.24, 2.45) is 17.6 Å². The SMILES string of the molecule is CC(C)C(C(=O)N1CCC(CN)C1)c1ccccc1.Cl. The van der Waals surface area contributed by atoms with Crippen LogP contribution in [0.25, 0.3) is 0 Å². The highest BCUT2D eigenvalue weighted by atomic mass is 35.5. The van der Waals surface area contributed by atoms with Crippen molar-refractivity contribution in [3.63, 3.8) is 0 Å². The molecule has 0 aromatic heterocycles. The van der Waals surface area contributed by atoms with Crippen molar-refractivity contribution in [2.75, 3.05) is 19.6 Å². The van der Waals surface area contributed by atoms with Gasteiger partial charge < -0.3 is 10.6 Å². The molecule has 1 aromatic rings. The molecule has 20 heavy (non-hydrogen) atoms. The van der Waals surface area contributed by atoms with Gasteiger partial charge in [-0.25, -0.2) is 0 Å². The van der Waals surface area contributed by atoms with Gasteiger partial charge in [-0.3, -0.25) is 4.79 Å². The van der Waals surface area contributed by atoms with Gasteiger partial charge in [-0.05, 0) is 30.4 Å². The number of likely N-dealkylation sites (tertiary alicyclic amines) is 1. The number of nitrogens with two attached hydrogens (primary N) is 1. The van der Waals surface area contributed by atoms with E-state index in [0.29, 0.717) is 18.4 Å². The Kier molecular flexibility index (Phi) is 6.50. The Morgan fingerprint density at radius 2 is 2.00 bits per heavy atom. The van der Waals surface area contributed by atoms with Crippen LogP contribution in [0.3, 0.4) is 0 Å². The molecule has 112 valence electrons. The number of hydrogen-bond acceptors (Lipinski definition) is 2. The summed E-state index contributed by atoms with van der Waals surface area (Å²) in [6, 6.07) is 10.1. The van der Waals surface area contributed by atoms with Crippen molar-refractivity contribution in [3.05, 3.63) is 35.9 Å². The van der Waals surface area contributed by atoms with Crippen LogP contribution in [0.5, 0.6) is 0 Å². The van der Waals surface area contributed by atoms with E-state index in [2.05, 4.69) is 26.0 Å². The molecular weight excluding hydrogens is 272 g/mol. The fourth-order valence-corrected chi connectivity index (χ4v) is 2.89. The highest BCUT2D eigenvalue weighted by Gasteiger charge is 2.32. The first-order valence-corrected chi connectivity index (χ1v) is 7.17. The summed E-state index contributed by atoms with van der Waals surface area (Å²) in [4.78, 5) is 14.7. The summed E-state index contributed by atoms with van der Waals surface area (Å²) in [6.07, 6.45) is 1.04. The van der Waals surface area contributed by atoms with Gasteiger partial charge in [0, 0.05) is 13.1 Å². The molecule has 3 nitrogen and oxygen atoms in total. The average molecular weight is 297 g/mol. The van der Waals surface area contributed by atoms with Crippen molar-refractivity contribution >= 4 is 18.3 Å². The molecule has 2 N–H and O–H groups in total. The third kappa shape index (κ3) is 3.74. The molecule has 1 aromatic carbocycles. The average Bonchev–Trinajstić information content (AvgIpc) is 2.88. The fraction of sp³-hybridized carbons (Fsp3) is 0.562. The van der Waals surface area contributed by atoms with E-state index < -0.39 is 0 Å². The van der Waals surface area contributed by atoms with Crippen molar-refractivity contribution in [1.82, 2.24) is 4.90 Å². The molecule has 2 rings (SSSR count). The predicted molar refractivity (Wildman–Crippen MR) is 85.0 cm³/mol. The molecule has 1 heterocycles. The van der Waals surface area contributed by atoms with Crippen LogP contribution >= 0.6 is 12.4 Å². The third-order valence-electron chi connectivity index (χ3n) is 4.02. The first-order valence-electron chi connectivity index (χ1n) is 7.17. The number of rotatable bonds is 4. The number of benzene rings is 1. The number of carbonyl (C=O) groups excluding carboxylic acids is 1. The van der Waals surface area contributed by atoms with Crippen LogP contribution in [0.2, 0.25) is 0 Å². The first-order chi connectivity index (χ1) is 9.13. The van der Waals surface area contributed by atoms with Gasteiger partial charge in [0.1, 0.15) is 0 Å². The van der Waals surface area contributed by atoms with Gasteiger partial charge >= 0.3 is 0 Å². The summed E-state index contributed by atoms with van der Waals surface area (Å²) in [6.45, 7) is 6.60. The molecule has 2 atom stereocenters. The van der Waals surface area contributed by atoms with E-state index in [1.54, 1.807) is 0 Å². The van der Waals surface area contributed by atoms with Gasteiger partial charge in [-0.2, -0.15) is 0 Å². The largest absolute Gasteiger partial charge is 0.342 e. The fourth-order valence-electron chi connectivity index (χ4n) is 2.89. The molecule has 0 bridgehead atoms. The van der Waals surface area contributed by atoms with E-state index >= 15 is 0 Å². The quantitative estimate of drug-likeness (QED) is 0.928. The lowest BCUT2D eigenvalue weighted by atomic mass is 9.87. The van der Waals surface area contributed by atoms with Crippen molar-refractivity contribution in [3.8, 4) is 0 Å². The molecule has 1 fully saturated rings. The van der Waals surface area contributed by atoms with Crippen molar-refractivity contribution in [2.45, 2.75) is 26.2 Å². The van der Waals surface area contributed by atoms with Crippen LogP contribution < -0.4 is 5.73 Å². The Balaban J connectivity index is 0.00000200. The van der Waals surface area contributed by atoms with Gasteiger partial charge in [-0.1, -0.05) is 44.2 Å². The van der Waals surface area contributed by atoms with Crippen LogP contribution in [0, 0.1) is 11.8 Å². The molecule has 1 aliphatic heterocycles. The Labute approximate surface area is 127 Å². The highest BCUT2D eigenvalue weighted by molar-refractivity contribution is 5.85. The van der Waals surface area contributed by atoms with Crippen LogP contribution in [-0.4, -0.2) is 30.4 Å². The predicted octanol–water partition coefficient (Wildman–Crippen LogP) is 2.66. The molecule has 0 saturated carbocycles. The maximum atomic E-state index is 12.7. The monoisotopic (exact) mass is 296 g/mol. The normalized spacial score (nSPS) is 19.8. The van der Waals surface area contributed by atoms with E-state index in [9.17, 15) is 4.79 Å². The van der Waals surface area contributed by atoms with Crippen molar-refractivity contribution in [1.29, 1.82) is 0 Å². The lowest BCUT2D eigenvalue weighted by molar-refractivity contribution is -0.132. The lowest BCUT2D eigenvalue weighted by Crippen LogP contribution is -2.36. The zero-order valence-electron chi connectivity index (χ0n) is 12.3. The number of nitrogens with zero attached hydrogens (tertiary/aromatic N) is 1. The molecule has 2 unspecified atom stereocenters. The molecule has 1 amide bonds. The standard InChI is InChI=1S/C16H24N2O.ClH/c1-12(2)15(14-6-4-3-5-7-14)16(19)18-9-8-13(10-17)11-18;/h3-7,12-13,15H,8-11,17H2,1-2H3;1H. The third-order valence-corrected chi connectivity index (χ3v) is 4.02. The molecule has 0 aliphatic carbocycles. The van der Waals surface area contributed by atoms with E-state index in [1.165, 1.54) is 0 Å². The number of amides is 1. The summed E-state index contributed by atoms with van der Waals surface area (Å²) < 4.78 is 0. The lowest BCUT2D eigenvalue weighted by Gasteiger charge is -2.26. The minimum absolute atomic E-state index is 0. The van der Waals surface area contributed by atoms with Crippen LogP contribution in [0.4, 0.5) is 0 Å². The van der Waals surface area contributed by atoms with Crippen LogP contribution in [0.15, 0.2) is 30.3 Å². The van der Waals surface area contributed by atoms with Crippen molar-refractivity contribution < 1.29 is 4.79 Å². The summed E-state index contributed by atoms with van der Waals surface area (Å²) in [5.41, 5.74) is 6.83. The van der Waals surface area contributed by atoms with E-state index in [1.807, 2.05) is 23.1 Å². The summed E-state index contributed by atoms with van der Waals surface area (Å²) in [5.74, 6) is 1.02. The highest BCUT2D eigenvalue weighted by Crippen LogP contribution is 2.29. The Morgan fingerprint density at radius 3 is 2.50 bits per heavy atom. The second-order valence-electron chi connectivity index (χ2n) is 5.81. The van der Waals surface area contributed by atoms with E-state index in [4.69, 9.17) is 5.73 Å². The Hall–Kier alpha value is -1.06. The molecule has 1 saturated heterocycles. The molecule has 1 aliphatic rings. The van der Waals surface area contributed by atoms with Gasteiger partial charge in [0.15, 0.2) is 0 Å². The van der Waals surface area contributed by atoms with Gasteiger partial charge in [0.05, 0.1) is 5.92 Å². The minimum atomic E-state index is -0.0299. The topological polar surface area (TPSA) is 46.3 Å². The van der Waals surface area contributed by atoms with Gasteiger partial charge in [-0.15, -0.1) is 12.4 Å². The van der Waals surface area contributed by atoms with Crippen LogP contribution in [0.1, 0.15) is 31.7 Å². The molecule has 0 radical (unpaired) electrons. The zero-order chi connectivity index (χ0) is 13.8. The van der Waals surface area contributed by atoms with Crippen LogP contribution in [-0.2, 0) is 4.79 Å². The Morgan fingerprint density at radius 1 is 1.35 bits per heavy atom. The maximum absolute atomic E-state index is 12.7. The number of halogens is 1. The summed E-state index contributed by atoms with van der Waals surface area (Å²) in [5, 5.41) is 0. The smallest absolute Gasteiger partial charge is 0.230 e. The van der Waals surface area contributed by atoms with E-state index in [-0.39, 0.29) is 24.2 Å². The van der Waals surface area contributed by atoms with E-state index in [0.717, 1.165) is 25.1 Å².